The summed E-state index contributed by atoms with van der Waals surface area (Å²) < 4.78 is 5.48. The molecule has 2 rings (SSSR count). The first-order valence-corrected chi connectivity index (χ1v) is 8.56. The molecule has 0 amide bonds. The Bertz CT molecular complexity index is 716. The number of aliphatic imine (C=N–C) groups is 1. The van der Waals surface area contributed by atoms with Crippen LogP contribution < -0.4 is 15.4 Å². The van der Waals surface area contributed by atoms with E-state index in [0.717, 1.165) is 35.9 Å². The zero-order valence-electron chi connectivity index (χ0n) is 16.2. The maximum Gasteiger partial charge on any atom is 0.191 e. The molecule has 142 valence electrons. The van der Waals surface area contributed by atoms with Crippen LogP contribution in [0.4, 0.5) is 0 Å². The van der Waals surface area contributed by atoms with Gasteiger partial charge in [0.25, 0.3) is 0 Å². The molecule has 0 radical (unpaired) electrons. The molecule has 0 fully saturated rings. The van der Waals surface area contributed by atoms with Crippen molar-refractivity contribution in [3.05, 3.63) is 58.9 Å². The Morgan fingerprint density at radius 2 is 2.00 bits per heavy atom. The van der Waals surface area contributed by atoms with Crippen LogP contribution in [-0.4, -0.2) is 31.6 Å². The van der Waals surface area contributed by atoms with Crippen LogP contribution in [0.25, 0.3) is 0 Å². The number of hydrogen-bond acceptors (Lipinski definition) is 3. The van der Waals surface area contributed by atoms with E-state index >= 15 is 0 Å². The summed E-state index contributed by atoms with van der Waals surface area (Å²) in [5.41, 5.74) is 4.57. The Kier molecular flexibility index (Phi) is 9.40. The van der Waals surface area contributed by atoms with Crippen molar-refractivity contribution >= 4 is 29.9 Å². The molecule has 1 unspecified atom stereocenters. The van der Waals surface area contributed by atoms with Gasteiger partial charge in [-0.1, -0.05) is 23.8 Å². The monoisotopic (exact) mass is 468 g/mol. The van der Waals surface area contributed by atoms with Crippen LogP contribution in [0.1, 0.15) is 35.3 Å². The predicted octanol–water partition coefficient (Wildman–Crippen LogP) is 3.79. The Hall–Kier alpha value is -1.83. The van der Waals surface area contributed by atoms with Crippen molar-refractivity contribution in [2.24, 2.45) is 4.99 Å². The van der Waals surface area contributed by atoms with E-state index in [0.29, 0.717) is 0 Å². The normalized spacial score (nSPS) is 12.1. The van der Waals surface area contributed by atoms with Crippen molar-refractivity contribution in [1.29, 1.82) is 0 Å². The van der Waals surface area contributed by atoms with Crippen LogP contribution in [-0.2, 0) is 6.42 Å². The molecule has 2 N–H and O–H groups in total. The molecule has 1 heterocycles. The van der Waals surface area contributed by atoms with Gasteiger partial charge in [-0.3, -0.25) is 9.98 Å². The molecule has 0 spiro atoms. The van der Waals surface area contributed by atoms with Gasteiger partial charge >= 0.3 is 0 Å². The third kappa shape index (κ3) is 6.48. The highest BCUT2D eigenvalue weighted by molar-refractivity contribution is 14.0. The number of halogens is 1. The fraction of sp³-hybridized carbons (Fsp3) is 0.400. The molecule has 0 aliphatic carbocycles. The summed E-state index contributed by atoms with van der Waals surface area (Å²) in [6, 6.07) is 10.4. The Morgan fingerprint density at radius 1 is 1.23 bits per heavy atom. The van der Waals surface area contributed by atoms with E-state index in [1.54, 1.807) is 14.2 Å². The predicted molar refractivity (Wildman–Crippen MR) is 119 cm³/mol. The molecule has 0 aliphatic rings. The van der Waals surface area contributed by atoms with Gasteiger partial charge < -0.3 is 15.4 Å². The molecular weight excluding hydrogens is 439 g/mol. The fourth-order valence-corrected chi connectivity index (χ4v) is 2.64. The van der Waals surface area contributed by atoms with Crippen LogP contribution in [0.3, 0.4) is 0 Å². The van der Waals surface area contributed by atoms with Gasteiger partial charge in [-0.25, -0.2) is 0 Å². The molecule has 0 aliphatic heterocycles. The largest absolute Gasteiger partial charge is 0.496 e. The number of rotatable bonds is 6. The van der Waals surface area contributed by atoms with Gasteiger partial charge in [0, 0.05) is 31.0 Å². The highest BCUT2D eigenvalue weighted by Gasteiger charge is 2.13. The van der Waals surface area contributed by atoms with Gasteiger partial charge in [0.1, 0.15) is 5.75 Å². The Balaban J connectivity index is 0.00000338. The van der Waals surface area contributed by atoms with Crippen LogP contribution >= 0.6 is 24.0 Å². The summed E-state index contributed by atoms with van der Waals surface area (Å²) in [7, 11) is 3.48. The van der Waals surface area contributed by atoms with Crippen LogP contribution in [0, 0.1) is 13.8 Å². The second kappa shape index (κ2) is 11.0. The minimum Gasteiger partial charge on any atom is -0.496 e. The smallest absolute Gasteiger partial charge is 0.191 e. The number of methoxy groups -OCH3 is 1. The number of aryl methyl sites for hydroxylation is 2. The van der Waals surface area contributed by atoms with E-state index < -0.39 is 0 Å². The van der Waals surface area contributed by atoms with Crippen LogP contribution in [0.5, 0.6) is 5.75 Å². The summed E-state index contributed by atoms with van der Waals surface area (Å²) in [5.74, 6) is 1.66. The minimum atomic E-state index is 0. The summed E-state index contributed by atoms with van der Waals surface area (Å²) >= 11 is 0. The number of hydrogen-bond donors (Lipinski definition) is 2. The molecule has 5 nitrogen and oxygen atoms in total. The number of aromatic nitrogens is 1. The van der Waals surface area contributed by atoms with Gasteiger partial charge in [-0.15, -0.1) is 24.0 Å². The fourth-order valence-electron chi connectivity index (χ4n) is 2.64. The van der Waals surface area contributed by atoms with Crippen molar-refractivity contribution < 1.29 is 4.74 Å². The van der Waals surface area contributed by atoms with Crippen molar-refractivity contribution in [1.82, 2.24) is 15.6 Å². The second-order valence-corrected chi connectivity index (χ2v) is 6.17. The molecule has 26 heavy (non-hydrogen) atoms. The van der Waals surface area contributed by atoms with Crippen molar-refractivity contribution in [3.8, 4) is 5.75 Å². The van der Waals surface area contributed by atoms with E-state index in [1.165, 1.54) is 11.1 Å². The quantitative estimate of drug-likeness (QED) is 0.385. The average molecular weight is 468 g/mol. The highest BCUT2D eigenvalue weighted by atomic mass is 127. The molecule has 2 aromatic rings. The number of benzene rings is 1. The van der Waals surface area contributed by atoms with Gasteiger partial charge in [0.05, 0.1) is 13.2 Å². The molecule has 1 aromatic heterocycles. The minimum absolute atomic E-state index is 0. The highest BCUT2D eigenvalue weighted by Crippen LogP contribution is 2.25. The Morgan fingerprint density at radius 3 is 2.62 bits per heavy atom. The molecule has 0 bridgehead atoms. The zero-order valence-corrected chi connectivity index (χ0v) is 18.5. The topological polar surface area (TPSA) is 58.5 Å². The summed E-state index contributed by atoms with van der Waals surface area (Å²) in [6.45, 7) is 6.98. The first-order valence-electron chi connectivity index (χ1n) is 8.56. The summed E-state index contributed by atoms with van der Waals surface area (Å²) in [4.78, 5) is 8.64. The van der Waals surface area contributed by atoms with Crippen LogP contribution in [0.15, 0.2) is 41.5 Å². The second-order valence-electron chi connectivity index (χ2n) is 6.17. The third-order valence-corrected chi connectivity index (χ3v) is 4.11. The summed E-state index contributed by atoms with van der Waals surface area (Å²) in [5, 5.41) is 6.78. The number of ether oxygens (including phenoxy) is 1. The first kappa shape index (κ1) is 22.2. The number of pyridine rings is 1. The third-order valence-electron chi connectivity index (χ3n) is 4.11. The molecule has 0 saturated carbocycles. The van der Waals surface area contributed by atoms with E-state index in [1.807, 2.05) is 25.3 Å². The van der Waals surface area contributed by atoms with Gasteiger partial charge in [0.2, 0.25) is 0 Å². The lowest BCUT2D eigenvalue weighted by Gasteiger charge is -2.20. The Labute approximate surface area is 173 Å². The van der Waals surface area contributed by atoms with Crippen LogP contribution in [0.2, 0.25) is 0 Å². The number of nitrogens with one attached hydrogen (secondary N) is 2. The molecule has 1 atom stereocenters. The van der Waals surface area contributed by atoms with E-state index in [4.69, 9.17) is 4.74 Å². The molecule has 1 aromatic carbocycles. The molecule has 0 saturated heterocycles. The maximum absolute atomic E-state index is 5.48. The van der Waals surface area contributed by atoms with Crippen molar-refractivity contribution in [3.63, 3.8) is 0 Å². The van der Waals surface area contributed by atoms with E-state index in [-0.39, 0.29) is 30.0 Å². The van der Waals surface area contributed by atoms with Crippen molar-refractivity contribution in [2.75, 3.05) is 20.7 Å². The SMILES string of the molecule is CN=C(NCCc1ccc(C)nc1)NC(C)c1cc(C)ccc1OC.I. The van der Waals surface area contributed by atoms with E-state index in [9.17, 15) is 0 Å². The average Bonchev–Trinajstić information content (AvgIpc) is 2.62. The lowest BCUT2D eigenvalue weighted by atomic mass is 10.0. The lowest BCUT2D eigenvalue weighted by molar-refractivity contribution is 0.405. The summed E-state index contributed by atoms with van der Waals surface area (Å²) in [6.07, 6.45) is 2.82. The number of guanidine groups is 1. The maximum atomic E-state index is 5.48. The number of nitrogens with zero attached hydrogens (tertiary/aromatic N) is 2. The first-order chi connectivity index (χ1) is 12.0. The van der Waals surface area contributed by atoms with Crippen molar-refractivity contribution in [2.45, 2.75) is 33.2 Å². The van der Waals surface area contributed by atoms with Gasteiger partial charge in [-0.2, -0.15) is 0 Å². The lowest BCUT2D eigenvalue weighted by Crippen LogP contribution is -2.39. The molecular formula is C20H29IN4O. The van der Waals surface area contributed by atoms with Gasteiger partial charge in [0.15, 0.2) is 5.96 Å². The van der Waals surface area contributed by atoms with E-state index in [2.05, 4.69) is 52.7 Å². The standard InChI is InChI=1S/C20H28N4O.HI/c1-14-6-9-19(25-5)18(12-14)16(3)24-20(21-4)22-11-10-17-8-7-15(2)23-13-17;/h6-9,12-13,16H,10-11H2,1-5H3,(H2,21,22,24);1H. The van der Waals surface area contributed by atoms with Gasteiger partial charge in [-0.05, 0) is 44.9 Å². The zero-order chi connectivity index (χ0) is 18.2. The molecule has 6 heteroatoms.